The third-order valence-electron chi connectivity index (χ3n) is 5.55. The van der Waals surface area contributed by atoms with Crippen molar-refractivity contribution in [1.29, 1.82) is 0 Å². The average Bonchev–Trinajstić information content (AvgIpc) is 2.96. The van der Waals surface area contributed by atoms with Crippen molar-refractivity contribution >= 4 is 23.3 Å². The second-order valence-corrected chi connectivity index (χ2v) is 7.93. The van der Waals surface area contributed by atoms with Gasteiger partial charge >= 0.3 is 6.03 Å². The van der Waals surface area contributed by atoms with Gasteiger partial charge in [-0.05, 0) is 42.8 Å². The predicted molar refractivity (Wildman–Crippen MR) is 127 cm³/mol. The Morgan fingerprint density at radius 2 is 1.85 bits per heavy atom. The van der Waals surface area contributed by atoms with E-state index >= 15 is 0 Å². The molecule has 176 valence electrons. The van der Waals surface area contributed by atoms with E-state index in [4.69, 9.17) is 9.47 Å². The average molecular weight is 464 g/mol. The molecule has 1 aliphatic rings. The van der Waals surface area contributed by atoms with Gasteiger partial charge in [-0.25, -0.2) is 9.18 Å². The lowest BCUT2D eigenvalue weighted by Gasteiger charge is -2.23. The largest absolute Gasteiger partial charge is 0.497 e. The smallest absolute Gasteiger partial charge is 0.323 e. The van der Waals surface area contributed by atoms with Crippen molar-refractivity contribution in [2.75, 3.05) is 17.7 Å². The first kappa shape index (κ1) is 23.1. The number of fused-ring (bicyclic) bond motifs is 1. The molecule has 34 heavy (non-hydrogen) atoms. The number of halogens is 1. The van der Waals surface area contributed by atoms with Crippen LogP contribution in [-0.2, 0) is 17.9 Å². The summed E-state index contributed by atoms with van der Waals surface area (Å²) in [5.41, 5.74) is 2.28. The second-order valence-electron chi connectivity index (χ2n) is 7.93. The summed E-state index contributed by atoms with van der Waals surface area (Å²) in [7, 11) is 1.56. The zero-order valence-corrected chi connectivity index (χ0v) is 19.0. The molecule has 3 amide bonds. The van der Waals surface area contributed by atoms with Gasteiger partial charge in [0, 0.05) is 41.7 Å². The molecule has 0 unspecified atom stereocenters. The first-order chi connectivity index (χ1) is 16.5. The molecule has 3 aromatic carbocycles. The second kappa shape index (κ2) is 10.2. The van der Waals surface area contributed by atoms with E-state index in [1.807, 2.05) is 6.92 Å². The number of methoxy groups -OCH3 is 1. The van der Waals surface area contributed by atoms with Gasteiger partial charge in [-0.3, -0.25) is 4.79 Å². The standard InChI is InChI=1S/C26H26FN3O4/c1-3-23-25(31)30(15-17-7-4-5-10-22(17)27)16-18-13-20(11-12-24(18)34-23)29-26(32)28-19-8-6-9-21(14-19)33-2/h4-14,23H,3,15-16H2,1-2H3,(H2,28,29,32)/t23-/m1/s1. The maximum atomic E-state index is 14.3. The van der Waals surface area contributed by atoms with Crippen LogP contribution in [0.25, 0.3) is 0 Å². The molecule has 1 atom stereocenters. The fourth-order valence-corrected chi connectivity index (χ4v) is 3.80. The summed E-state index contributed by atoms with van der Waals surface area (Å²) in [5.74, 6) is 0.630. The van der Waals surface area contributed by atoms with Crippen molar-refractivity contribution in [2.24, 2.45) is 0 Å². The molecule has 1 heterocycles. The molecule has 0 fully saturated rings. The van der Waals surface area contributed by atoms with Crippen LogP contribution >= 0.6 is 0 Å². The van der Waals surface area contributed by atoms with Gasteiger partial charge in [-0.15, -0.1) is 0 Å². The van der Waals surface area contributed by atoms with Gasteiger partial charge in [-0.2, -0.15) is 0 Å². The zero-order chi connectivity index (χ0) is 24.1. The fraction of sp³-hybridized carbons (Fsp3) is 0.231. The first-order valence-corrected chi connectivity index (χ1v) is 11.0. The van der Waals surface area contributed by atoms with E-state index in [2.05, 4.69) is 10.6 Å². The number of anilines is 2. The van der Waals surface area contributed by atoms with Gasteiger partial charge in [0.15, 0.2) is 6.10 Å². The van der Waals surface area contributed by atoms with Gasteiger partial charge in [0.2, 0.25) is 0 Å². The lowest BCUT2D eigenvalue weighted by molar-refractivity contribution is -0.139. The molecule has 0 saturated carbocycles. The molecule has 0 aliphatic carbocycles. The van der Waals surface area contributed by atoms with Crippen LogP contribution in [0.15, 0.2) is 66.7 Å². The van der Waals surface area contributed by atoms with Crippen LogP contribution in [-0.4, -0.2) is 30.1 Å². The number of benzene rings is 3. The van der Waals surface area contributed by atoms with Crippen LogP contribution in [0.4, 0.5) is 20.6 Å². The Balaban J connectivity index is 1.53. The highest BCUT2D eigenvalue weighted by atomic mass is 19.1. The fourth-order valence-electron chi connectivity index (χ4n) is 3.80. The number of hydrogen-bond acceptors (Lipinski definition) is 4. The molecule has 0 aromatic heterocycles. The number of carbonyl (C=O) groups is 2. The molecular weight excluding hydrogens is 437 g/mol. The minimum absolute atomic E-state index is 0.124. The molecular formula is C26H26FN3O4. The van der Waals surface area contributed by atoms with Crippen molar-refractivity contribution in [3.8, 4) is 11.5 Å². The Morgan fingerprint density at radius 1 is 1.09 bits per heavy atom. The number of nitrogens with one attached hydrogen (secondary N) is 2. The normalized spacial score (nSPS) is 15.1. The quantitative estimate of drug-likeness (QED) is 0.528. The highest BCUT2D eigenvalue weighted by Crippen LogP contribution is 2.30. The van der Waals surface area contributed by atoms with Crippen LogP contribution in [0.1, 0.15) is 24.5 Å². The Bertz CT molecular complexity index is 1200. The number of rotatable bonds is 6. The van der Waals surface area contributed by atoms with Gasteiger partial charge < -0.3 is 25.0 Å². The number of amides is 3. The summed E-state index contributed by atoms with van der Waals surface area (Å²) in [6.45, 7) is 2.22. The molecule has 0 saturated heterocycles. The predicted octanol–water partition coefficient (Wildman–Crippen LogP) is 5.18. The van der Waals surface area contributed by atoms with Crippen molar-refractivity contribution in [2.45, 2.75) is 32.5 Å². The molecule has 0 radical (unpaired) electrons. The van der Waals surface area contributed by atoms with E-state index in [0.29, 0.717) is 34.9 Å². The molecule has 7 nitrogen and oxygen atoms in total. The van der Waals surface area contributed by atoms with E-state index < -0.39 is 12.1 Å². The molecule has 0 bridgehead atoms. The number of carbonyl (C=O) groups excluding carboxylic acids is 2. The van der Waals surface area contributed by atoms with Gasteiger partial charge in [0.1, 0.15) is 17.3 Å². The van der Waals surface area contributed by atoms with Gasteiger partial charge in [0.05, 0.1) is 7.11 Å². The Morgan fingerprint density at radius 3 is 2.59 bits per heavy atom. The third kappa shape index (κ3) is 5.28. The number of ether oxygens (including phenoxy) is 2. The maximum Gasteiger partial charge on any atom is 0.323 e. The molecule has 1 aliphatic heterocycles. The minimum Gasteiger partial charge on any atom is -0.497 e. The Hall–Kier alpha value is -4.07. The summed E-state index contributed by atoms with van der Waals surface area (Å²) < 4.78 is 25.4. The summed E-state index contributed by atoms with van der Waals surface area (Å²) in [6.07, 6.45) is -0.183. The van der Waals surface area contributed by atoms with Crippen LogP contribution in [0.2, 0.25) is 0 Å². The highest BCUT2D eigenvalue weighted by molar-refractivity contribution is 6.00. The van der Waals surface area contributed by atoms with Gasteiger partial charge in [0.25, 0.3) is 5.91 Å². The summed E-state index contributed by atoms with van der Waals surface area (Å²) >= 11 is 0. The zero-order valence-electron chi connectivity index (χ0n) is 19.0. The van der Waals surface area contributed by atoms with Crippen LogP contribution in [0.3, 0.4) is 0 Å². The van der Waals surface area contributed by atoms with Gasteiger partial charge in [-0.1, -0.05) is 31.2 Å². The molecule has 2 N–H and O–H groups in total. The molecule has 3 aromatic rings. The highest BCUT2D eigenvalue weighted by Gasteiger charge is 2.30. The SMILES string of the molecule is CC[C@H]1Oc2ccc(NC(=O)Nc3cccc(OC)c3)cc2CN(Cc2ccccc2F)C1=O. The van der Waals surface area contributed by atoms with Crippen molar-refractivity contribution in [1.82, 2.24) is 4.90 Å². The van der Waals surface area contributed by atoms with E-state index in [1.165, 1.54) is 6.07 Å². The lowest BCUT2D eigenvalue weighted by Crippen LogP contribution is -2.39. The Kier molecular flexibility index (Phi) is 6.96. The van der Waals surface area contributed by atoms with Crippen LogP contribution in [0.5, 0.6) is 11.5 Å². The van der Waals surface area contributed by atoms with E-state index in [1.54, 1.807) is 72.7 Å². The van der Waals surface area contributed by atoms with E-state index in [0.717, 1.165) is 5.56 Å². The van der Waals surface area contributed by atoms with Crippen molar-refractivity contribution < 1.29 is 23.5 Å². The summed E-state index contributed by atoms with van der Waals surface area (Å²) in [5, 5.41) is 5.56. The van der Waals surface area contributed by atoms with E-state index in [-0.39, 0.29) is 24.8 Å². The molecule has 0 spiro atoms. The summed E-state index contributed by atoms with van der Waals surface area (Å²) in [4.78, 5) is 27.2. The van der Waals surface area contributed by atoms with Crippen molar-refractivity contribution in [3.05, 3.63) is 83.7 Å². The number of hydrogen-bond donors (Lipinski definition) is 2. The van der Waals surface area contributed by atoms with E-state index in [9.17, 15) is 14.0 Å². The topological polar surface area (TPSA) is 79.9 Å². The molecule has 8 heteroatoms. The maximum absolute atomic E-state index is 14.3. The lowest BCUT2D eigenvalue weighted by atomic mass is 10.1. The number of nitrogens with zero attached hydrogens (tertiary/aromatic N) is 1. The van der Waals surface area contributed by atoms with Crippen molar-refractivity contribution in [3.63, 3.8) is 0 Å². The van der Waals surface area contributed by atoms with Crippen LogP contribution in [0, 0.1) is 5.82 Å². The third-order valence-corrected chi connectivity index (χ3v) is 5.55. The first-order valence-electron chi connectivity index (χ1n) is 11.0. The number of urea groups is 1. The summed E-state index contributed by atoms with van der Waals surface area (Å²) in [6, 6.07) is 18.2. The monoisotopic (exact) mass is 463 g/mol. The molecule has 4 rings (SSSR count). The Labute approximate surface area is 197 Å². The minimum atomic E-state index is -0.664. The van der Waals surface area contributed by atoms with Crippen LogP contribution < -0.4 is 20.1 Å².